The Balaban J connectivity index is 1.57. The van der Waals surface area contributed by atoms with Crippen molar-refractivity contribution >= 4 is 23.1 Å². The van der Waals surface area contributed by atoms with E-state index < -0.39 is 23.9 Å². The molecule has 0 saturated carbocycles. The number of nitriles is 1. The van der Waals surface area contributed by atoms with Gasteiger partial charge in [0.1, 0.15) is 11.4 Å². The van der Waals surface area contributed by atoms with Crippen molar-refractivity contribution < 1.29 is 23.0 Å². The zero-order chi connectivity index (χ0) is 26.1. The minimum atomic E-state index is -4.64. The van der Waals surface area contributed by atoms with E-state index in [-0.39, 0.29) is 42.9 Å². The first kappa shape index (κ1) is 26.0. The van der Waals surface area contributed by atoms with Crippen LogP contribution in [0.4, 0.5) is 36.3 Å². The Morgan fingerprint density at radius 3 is 2.53 bits per heavy atom. The molecule has 1 aromatic heterocycles. The van der Waals surface area contributed by atoms with Crippen LogP contribution in [0.3, 0.4) is 0 Å². The van der Waals surface area contributed by atoms with Gasteiger partial charge in [-0.1, -0.05) is 20.8 Å². The Hall–Kier alpha value is -3.10. The van der Waals surface area contributed by atoms with Crippen molar-refractivity contribution in [2.75, 3.05) is 41.4 Å². The highest BCUT2D eigenvalue weighted by Crippen LogP contribution is 2.38. The molecule has 2 aliphatic rings. The van der Waals surface area contributed by atoms with Crippen LogP contribution in [0.15, 0.2) is 30.5 Å². The molecule has 0 spiro atoms. The molecule has 2 N–H and O–H groups in total. The Bertz CT molecular complexity index is 1100. The summed E-state index contributed by atoms with van der Waals surface area (Å²) in [6.07, 6.45) is -3.47. The highest BCUT2D eigenvalue weighted by atomic mass is 19.4. The Morgan fingerprint density at radius 2 is 1.89 bits per heavy atom. The van der Waals surface area contributed by atoms with Crippen LogP contribution in [0.2, 0.25) is 0 Å². The van der Waals surface area contributed by atoms with Crippen molar-refractivity contribution in [3.05, 3.63) is 36.0 Å². The number of rotatable bonds is 4. The third kappa shape index (κ3) is 5.65. The second-order valence-corrected chi connectivity index (χ2v) is 10.2. The summed E-state index contributed by atoms with van der Waals surface area (Å²) < 4.78 is 46.2. The van der Waals surface area contributed by atoms with Crippen LogP contribution in [-0.4, -0.2) is 59.6 Å². The quantitative estimate of drug-likeness (QED) is 0.635. The van der Waals surface area contributed by atoms with E-state index in [1.807, 2.05) is 30.3 Å². The number of anilines is 4. The highest BCUT2D eigenvalue weighted by molar-refractivity contribution is 5.62. The number of halogens is 3. The number of nitrogens with one attached hydrogen (secondary N) is 1. The molecule has 2 aromatic rings. The van der Waals surface area contributed by atoms with E-state index in [2.05, 4.69) is 41.0 Å². The number of ether oxygens (including phenoxy) is 1. The maximum atomic E-state index is 13.7. The first-order valence-corrected chi connectivity index (χ1v) is 12.0. The number of benzene rings is 1. The minimum absolute atomic E-state index is 0.0125. The SMILES string of the molecule is CC(C)(C)C1C(O)CCCN1c1ccc(Nc2ncc(C(F)(F)F)c(N3CCOC(C#N)C3)n2)cc1. The van der Waals surface area contributed by atoms with E-state index in [1.54, 1.807) is 0 Å². The van der Waals surface area contributed by atoms with E-state index in [9.17, 15) is 18.3 Å². The first-order valence-electron chi connectivity index (χ1n) is 12.0. The monoisotopic (exact) mass is 504 g/mol. The molecule has 8 nitrogen and oxygen atoms in total. The summed E-state index contributed by atoms with van der Waals surface area (Å²) >= 11 is 0. The lowest BCUT2D eigenvalue weighted by Gasteiger charge is -2.47. The van der Waals surface area contributed by atoms with Crippen molar-refractivity contribution in [1.29, 1.82) is 5.26 Å². The molecule has 36 heavy (non-hydrogen) atoms. The average Bonchev–Trinajstić information content (AvgIpc) is 2.83. The van der Waals surface area contributed by atoms with Crippen LogP contribution in [-0.2, 0) is 10.9 Å². The lowest BCUT2D eigenvalue weighted by Crippen LogP contribution is -2.55. The molecule has 11 heteroatoms. The molecule has 0 amide bonds. The number of nitrogens with zero attached hydrogens (tertiary/aromatic N) is 5. The van der Waals surface area contributed by atoms with Gasteiger partial charge in [-0.15, -0.1) is 0 Å². The Morgan fingerprint density at radius 1 is 1.17 bits per heavy atom. The maximum Gasteiger partial charge on any atom is 0.421 e. The van der Waals surface area contributed by atoms with Crippen molar-refractivity contribution in [1.82, 2.24) is 9.97 Å². The minimum Gasteiger partial charge on any atom is -0.391 e. The third-order valence-corrected chi connectivity index (χ3v) is 6.53. The van der Waals surface area contributed by atoms with Gasteiger partial charge in [-0.05, 0) is 42.5 Å². The van der Waals surface area contributed by atoms with Crippen molar-refractivity contribution in [3.63, 3.8) is 0 Å². The summed E-state index contributed by atoms with van der Waals surface area (Å²) in [6, 6.07) is 9.38. The van der Waals surface area contributed by atoms with Crippen molar-refractivity contribution in [2.45, 2.75) is 58.0 Å². The summed E-state index contributed by atoms with van der Waals surface area (Å²) in [5, 5.41) is 22.8. The Kier molecular flexibility index (Phi) is 7.29. The molecule has 2 fully saturated rings. The molecule has 0 aliphatic carbocycles. The zero-order valence-corrected chi connectivity index (χ0v) is 20.6. The fourth-order valence-corrected chi connectivity index (χ4v) is 4.97. The lowest BCUT2D eigenvalue weighted by atomic mass is 9.78. The van der Waals surface area contributed by atoms with Gasteiger partial charge in [0.2, 0.25) is 5.95 Å². The summed E-state index contributed by atoms with van der Waals surface area (Å²) in [5.41, 5.74) is 0.500. The van der Waals surface area contributed by atoms with E-state index in [1.165, 1.54) is 4.90 Å². The van der Waals surface area contributed by atoms with Crippen LogP contribution >= 0.6 is 0 Å². The van der Waals surface area contributed by atoms with Crippen molar-refractivity contribution in [2.24, 2.45) is 5.41 Å². The van der Waals surface area contributed by atoms with Gasteiger partial charge in [-0.2, -0.15) is 23.4 Å². The molecule has 0 bridgehead atoms. The molecular weight excluding hydrogens is 473 g/mol. The number of piperidine rings is 1. The zero-order valence-electron chi connectivity index (χ0n) is 20.6. The predicted octanol–water partition coefficient (Wildman–Crippen LogP) is 4.34. The number of aliphatic hydroxyl groups is 1. The third-order valence-electron chi connectivity index (χ3n) is 6.53. The van der Waals surface area contributed by atoms with Crippen LogP contribution in [0.1, 0.15) is 39.2 Å². The van der Waals surface area contributed by atoms with Crippen LogP contribution < -0.4 is 15.1 Å². The molecule has 4 rings (SSSR count). The van der Waals surface area contributed by atoms with Gasteiger partial charge in [0, 0.05) is 30.7 Å². The van der Waals surface area contributed by atoms with Gasteiger partial charge < -0.3 is 25.0 Å². The van der Waals surface area contributed by atoms with Gasteiger partial charge >= 0.3 is 6.18 Å². The fraction of sp³-hybridized carbons (Fsp3) is 0.560. The first-order chi connectivity index (χ1) is 17.0. The topological polar surface area (TPSA) is 97.5 Å². The standard InChI is InChI=1S/C25H31F3N6O2/c1-24(2,3)21-20(35)5-4-10-34(21)17-8-6-16(7-9-17)31-23-30-14-19(25(26,27)28)22(32-23)33-11-12-36-18(13-29)15-33/h6-9,14,18,20-21,35H,4-5,10-12,15H2,1-3H3,(H,30,31,32). The number of alkyl halides is 3. The van der Waals surface area contributed by atoms with Crippen molar-refractivity contribution in [3.8, 4) is 6.07 Å². The fourth-order valence-electron chi connectivity index (χ4n) is 4.97. The number of hydrogen-bond acceptors (Lipinski definition) is 8. The summed E-state index contributed by atoms with van der Waals surface area (Å²) in [7, 11) is 0. The molecule has 2 aliphatic heterocycles. The van der Waals surface area contributed by atoms with Gasteiger partial charge in [-0.3, -0.25) is 0 Å². The molecule has 3 heterocycles. The van der Waals surface area contributed by atoms with Gasteiger partial charge in [0.25, 0.3) is 0 Å². The van der Waals surface area contributed by atoms with E-state index >= 15 is 0 Å². The summed E-state index contributed by atoms with van der Waals surface area (Å²) in [4.78, 5) is 11.7. The molecule has 3 unspecified atom stereocenters. The Labute approximate surface area is 208 Å². The smallest absolute Gasteiger partial charge is 0.391 e. The predicted molar refractivity (Wildman–Crippen MR) is 130 cm³/mol. The molecule has 1 aromatic carbocycles. The van der Waals surface area contributed by atoms with Crippen LogP contribution in [0, 0.1) is 16.7 Å². The molecule has 2 saturated heterocycles. The van der Waals surface area contributed by atoms with Gasteiger partial charge in [-0.25, -0.2) is 4.98 Å². The molecule has 194 valence electrons. The summed E-state index contributed by atoms with van der Waals surface area (Å²) in [6.45, 7) is 7.47. The second-order valence-electron chi connectivity index (χ2n) is 10.2. The summed E-state index contributed by atoms with van der Waals surface area (Å²) in [5.74, 6) is -0.262. The lowest BCUT2D eigenvalue weighted by molar-refractivity contribution is -0.137. The van der Waals surface area contributed by atoms with E-state index in [0.717, 1.165) is 31.3 Å². The second kappa shape index (κ2) is 10.1. The normalized spacial score (nSPS) is 23.3. The molecule has 3 atom stereocenters. The van der Waals surface area contributed by atoms with Crippen LogP contribution in [0.5, 0.6) is 0 Å². The number of hydrogen-bond donors (Lipinski definition) is 2. The van der Waals surface area contributed by atoms with Gasteiger partial charge in [0.05, 0.1) is 31.4 Å². The van der Waals surface area contributed by atoms with Gasteiger partial charge in [0.15, 0.2) is 6.10 Å². The van der Waals surface area contributed by atoms with Crippen LogP contribution in [0.25, 0.3) is 0 Å². The average molecular weight is 505 g/mol. The number of aromatic nitrogens is 2. The highest BCUT2D eigenvalue weighted by Gasteiger charge is 2.39. The van der Waals surface area contributed by atoms with E-state index in [0.29, 0.717) is 5.69 Å². The largest absolute Gasteiger partial charge is 0.421 e. The van der Waals surface area contributed by atoms with E-state index in [4.69, 9.17) is 10.00 Å². The molecule has 0 radical (unpaired) electrons. The number of morpholine rings is 1. The number of aliphatic hydroxyl groups excluding tert-OH is 1. The maximum absolute atomic E-state index is 13.7. The molecular formula is C25H31F3N6O2.